The van der Waals surface area contributed by atoms with Gasteiger partial charge in [-0.1, -0.05) is 15.9 Å². The standard InChI is InChI=1S/C11H15BrN2O7/c12-1-2-20-5-3-14(11(19)13-9(5)18)10-8(17)7(16)6(4-15)21-10/h3,6-8,10,15-17H,1-2,4H2,(H,13,18,19)/t6-,7?,8?,10-/m0/s1. The van der Waals surface area contributed by atoms with Crippen molar-refractivity contribution in [3.8, 4) is 5.75 Å². The lowest BCUT2D eigenvalue weighted by Crippen LogP contribution is -2.38. The number of aromatic nitrogens is 2. The van der Waals surface area contributed by atoms with Gasteiger partial charge < -0.3 is 24.8 Å². The highest BCUT2D eigenvalue weighted by Gasteiger charge is 2.43. The zero-order valence-corrected chi connectivity index (χ0v) is 12.4. The lowest BCUT2D eigenvalue weighted by Gasteiger charge is -2.17. The first kappa shape index (κ1) is 16.2. The van der Waals surface area contributed by atoms with E-state index in [1.807, 2.05) is 4.98 Å². The molecule has 0 amide bonds. The van der Waals surface area contributed by atoms with Crippen molar-refractivity contribution in [2.45, 2.75) is 24.5 Å². The van der Waals surface area contributed by atoms with Crippen LogP contribution in [0.1, 0.15) is 6.23 Å². The SMILES string of the molecule is O=c1[nH]c(=O)n([C@H]2O[C@@H](CO)C(O)C2O)cc1OCCBr. The monoisotopic (exact) mass is 366 g/mol. The molecule has 0 radical (unpaired) electrons. The van der Waals surface area contributed by atoms with Gasteiger partial charge in [0, 0.05) is 5.33 Å². The third-order valence-corrected chi connectivity index (χ3v) is 3.38. The molecule has 21 heavy (non-hydrogen) atoms. The van der Waals surface area contributed by atoms with Gasteiger partial charge in [0.05, 0.1) is 19.4 Å². The Balaban J connectivity index is 2.35. The molecule has 2 unspecified atom stereocenters. The van der Waals surface area contributed by atoms with Crippen LogP contribution in [0.25, 0.3) is 0 Å². The Bertz CT molecular complexity index is 601. The normalized spacial score (nSPS) is 28.8. The Morgan fingerprint density at radius 3 is 2.67 bits per heavy atom. The average Bonchev–Trinajstić information content (AvgIpc) is 2.74. The maximum absolute atomic E-state index is 11.8. The van der Waals surface area contributed by atoms with Gasteiger partial charge in [0.15, 0.2) is 6.23 Å². The van der Waals surface area contributed by atoms with E-state index in [1.54, 1.807) is 0 Å². The molecule has 2 heterocycles. The largest absolute Gasteiger partial charge is 0.486 e. The second kappa shape index (κ2) is 6.71. The molecule has 4 atom stereocenters. The van der Waals surface area contributed by atoms with Crippen molar-refractivity contribution in [2.75, 3.05) is 18.5 Å². The molecule has 1 aromatic heterocycles. The van der Waals surface area contributed by atoms with Crippen LogP contribution in [0.2, 0.25) is 0 Å². The van der Waals surface area contributed by atoms with E-state index < -0.39 is 42.4 Å². The van der Waals surface area contributed by atoms with Crippen LogP contribution in [0, 0.1) is 0 Å². The smallest absolute Gasteiger partial charge is 0.330 e. The molecule has 1 saturated heterocycles. The molecule has 9 nitrogen and oxygen atoms in total. The number of alkyl halides is 1. The molecular formula is C11H15BrN2O7. The van der Waals surface area contributed by atoms with Crippen LogP contribution in [0.15, 0.2) is 15.8 Å². The Kier molecular flexibility index (Phi) is 5.17. The van der Waals surface area contributed by atoms with Gasteiger partial charge in [-0.05, 0) is 0 Å². The summed E-state index contributed by atoms with van der Waals surface area (Å²) in [5.41, 5.74) is -1.52. The fourth-order valence-electron chi connectivity index (χ4n) is 2.02. The van der Waals surface area contributed by atoms with Crippen LogP contribution in [-0.4, -0.2) is 61.7 Å². The summed E-state index contributed by atoms with van der Waals surface area (Å²) in [4.78, 5) is 25.4. The van der Waals surface area contributed by atoms with Crippen molar-refractivity contribution in [3.05, 3.63) is 27.0 Å². The minimum absolute atomic E-state index is 0.119. The van der Waals surface area contributed by atoms with Crippen LogP contribution >= 0.6 is 15.9 Å². The molecule has 1 aromatic rings. The number of aliphatic hydroxyl groups is 3. The Morgan fingerprint density at radius 1 is 1.38 bits per heavy atom. The second-order valence-electron chi connectivity index (χ2n) is 4.43. The van der Waals surface area contributed by atoms with Crippen LogP contribution in [0.3, 0.4) is 0 Å². The topological polar surface area (TPSA) is 134 Å². The first-order valence-corrected chi connectivity index (χ1v) is 7.28. The highest BCUT2D eigenvalue weighted by Crippen LogP contribution is 2.28. The summed E-state index contributed by atoms with van der Waals surface area (Å²) in [6.45, 7) is -0.309. The van der Waals surface area contributed by atoms with Crippen LogP contribution < -0.4 is 16.0 Å². The van der Waals surface area contributed by atoms with Crippen LogP contribution in [-0.2, 0) is 4.74 Å². The number of hydrogen-bond acceptors (Lipinski definition) is 7. The maximum Gasteiger partial charge on any atom is 0.330 e. The third-order valence-electron chi connectivity index (χ3n) is 3.06. The van der Waals surface area contributed by atoms with E-state index in [9.17, 15) is 19.8 Å². The number of H-pyrrole nitrogens is 1. The Morgan fingerprint density at radius 2 is 2.10 bits per heavy atom. The van der Waals surface area contributed by atoms with Crippen molar-refractivity contribution in [1.82, 2.24) is 9.55 Å². The van der Waals surface area contributed by atoms with Gasteiger partial charge in [-0.15, -0.1) is 0 Å². The van der Waals surface area contributed by atoms with Crippen molar-refractivity contribution >= 4 is 15.9 Å². The summed E-state index contributed by atoms with van der Waals surface area (Å²) in [5, 5.41) is 29.1. The molecule has 0 aromatic carbocycles. The van der Waals surface area contributed by atoms with Crippen LogP contribution in [0.5, 0.6) is 5.75 Å². The fraction of sp³-hybridized carbons (Fsp3) is 0.636. The highest BCUT2D eigenvalue weighted by molar-refractivity contribution is 9.09. The van der Waals surface area contributed by atoms with E-state index in [-0.39, 0.29) is 12.4 Å². The van der Waals surface area contributed by atoms with E-state index in [0.717, 1.165) is 10.8 Å². The Labute approximate surface area is 126 Å². The van der Waals surface area contributed by atoms with E-state index >= 15 is 0 Å². The molecule has 4 N–H and O–H groups in total. The molecule has 0 spiro atoms. The second-order valence-corrected chi connectivity index (χ2v) is 5.22. The minimum Gasteiger partial charge on any atom is -0.486 e. The van der Waals surface area contributed by atoms with Crippen molar-refractivity contribution < 1.29 is 24.8 Å². The van der Waals surface area contributed by atoms with E-state index in [2.05, 4.69) is 15.9 Å². The summed E-state index contributed by atoms with van der Waals surface area (Å²) >= 11 is 3.13. The van der Waals surface area contributed by atoms with E-state index in [0.29, 0.717) is 5.33 Å². The first-order valence-electron chi connectivity index (χ1n) is 6.16. The highest BCUT2D eigenvalue weighted by atomic mass is 79.9. The van der Waals surface area contributed by atoms with Crippen molar-refractivity contribution in [3.63, 3.8) is 0 Å². The molecule has 1 fully saturated rings. The predicted molar refractivity (Wildman–Crippen MR) is 73.6 cm³/mol. The molecular weight excluding hydrogens is 352 g/mol. The number of nitrogens with one attached hydrogen (secondary N) is 1. The molecule has 0 aliphatic carbocycles. The number of halogens is 1. The van der Waals surface area contributed by atoms with Gasteiger partial charge in [0.25, 0.3) is 5.56 Å². The molecule has 1 aliphatic rings. The summed E-state index contributed by atoms with van der Waals surface area (Å²) in [6, 6.07) is 0. The van der Waals surface area contributed by atoms with Gasteiger partial charge in [-0.2, -0.15) is 0 Å². The van der Waals surface area contributed by atoms with Gasteiger partial charge in [0.2, 0.25) is 5.75 Å². The van der Waals surface area contributed by atoms with Gasteiger partial charge in [-0.25, -0.2) is 4.79 Å². The average molecular weight is 367 g/mol. The molecule has 10 heteroatoms. The van der Waals surface area contributed by atoms with Crippen molar-refractivity contribution in [2.24, 2.45) is 0 Å². The summed E-state index contributed by atoms with van der Waals surface area (Å²) in [6.07, 6.45) is -3.91. The number of aromatic amines is 1. The zero-order chi connectivity index (χ0) is 15.6. The predicted octanol–water partition coefficient (Wildman–Crippen LogP) is -2.08. The maximum atomic E-state index is 11.8. The fourth-order valence-corrected chi connectivity index (χ4v) is 2.18. The molecule has 1 aliphatic heterocycles. The summed E-state index contributed by atoms with van der Waals surface area (Å²) < 4.78 is 11.3. The first-order chi connectivity index (χ1) is 9.99. The number of ether oxygens (including phenoxy) is 2. The molecule has 118 valence electrons. The minimum atomic E-state index is -1.42. The van der Waals surface area contributed by atoms with Crippen molar-refractivity contribution in [1.29, 1.82) is 0 Å². The Hall–Kier alpha value is -1.20. The van der Waals surface area contributed by atoms with Gasteiger partial charge in [0.1, 0.15) is 18.3 Å². The van der Waals surface area contributed by atoms with E-state index in [1.165, 1.54) is 0 Å². The zero-order valence-electron chi connectivity index (χ0n) is 10.8. The molecule has 0 saturated carbocycles. The number of nitrogens with zero attached hydrogens (tertiary/aromatic N) is 1. The number of rotatable bonds is 5. The molecule has 2 rings (SSSR count). The third kappa shape index (κ3) is 3.19. The summed E-state index contributed by atoms with van der Waals surface area (Å²) in [5.74, 6) is -0.119. The lowest BCUT2D eigenvalue weighted by molar-refractivity contribution is -0.0553. The lowest BCUT2D eigenvalue weighted by atomic mass is 10.1. The van der Waals surface area contributed by atoms with Gasteiger partial charge >= 0.3 is 5.69 Å². The summed E-state index contributed by atoms with van der Waals surface area (Å²) in [7, 11) is 0. The van der Waals surface area contributed by atoms with Crippen LogP contribution in [0.4, 0.5) is 0 Å². The van der Waals surface area contributed by atoms with E-state index in [4.69, 9.17) is 14.6 Å². The van der Waals surface area contributed by atoms with Gasteiger partial charge in [-0.3, -0.25) is 14.3 Å². The quantitative estimate of drug-likeness (QED) is 0.439. The number of aliphatic hydroxyl groups excluding tert-OH is 3. The number of hydrogen-bond donors (Lipinski definition) is 4. The molecule has 0 bridgehead atoms.